The number of nitrogens with zero attached hydrogens (tertiary/aromatic N) is 2. The zero-order valence-electron chi connectivity index (χ0n) is 10.7. The van der Waals surface area contributed by atoms with Crippen molar-refractivity contribution in [3.05, 3.63) is 51.7 Å². The summed E-state index contributed by atoms with van der Waals surface area (Å²) in [5.41, 5.74) is 1.34. The molecule has 0 aliphatic rings. The van der Waals surface area contributed by atoms with Gasteiger partial charge in [0.1, 0.15) is 0 Å². The number of halogens is 1. The van der Waals surface area contributed by atoms with Crippen molar-refractivity contribution in [1.82, 2.24) is 4.98 Å². The monoisotopic (exact) mass is 367 g/mol. The molecule has 0 spiro atoms. The molecule has 98 valence electrons. The molecule has 0 bridgehead atoms. The molecule has 2 rings (SSSR count). The molecule has 0 aliphatic heterocycles. The maximum Gasteiger partial charge on any atom is 0.255 e. The summed E-state index contributed by atoms with van der Waals surface area (Å²) in [6.07, 6.45) is 1.70. The summed E-state index contributed by atoms with van der Waals surface area (Å²) in [4.78, 5) is 18.3. The number of amides is 1. The zero-order valence-corrected chi connectivity index (χ0v) is 12.9. The largest absolute Gasteiger partial charge is 0.361 e. The van der Waals surface area contributed by atoms with Crippen LogP contribution < -0.4 is 10.2 Å². The summed E-state index contributed by atoms with van der Waals surface area (Å²) in [5, 5.41) is 2.89. The van der Waals surface area contributed by atoms with Gasteiger partial charge in [-0.1, -0.05) is 6.07 Å². The Bertz CT molecular complexity index is 599. The summed E-state index contributed by atoms with van der Waals surface area (Å²) in [5.74, 6) is 0.607. The van der Waals surface area contributed by atoms with Crippen molar-refractivity contribution in [3.63, 3.8) is 0 Å². The lowest BCUT2D eigenvalue weighted by Gasteiger charge is -2.16. The van der Waals surface area contributed by atoms with Crippen LogP contribution in [0.4, 0.5) is 11.5 Å². The number of hydrogen-bond acceptors (Lipinski definition) is 3. The van der Waals surface area contributed by atoms with Gasteiger partial charge in [-0.05, 0) is 52.9 Å². The molecule has 1 N–H and O–H groups in total. The van der Waals surface area contributed by atoms with E-state index < -0.39 is 0 Å². The molecule has 19 heavy (non-hydrogen) atoms. The van der Waals surface area contributed by atoms with E-state index in [0.29, 0.717) is 11.3 Å². The Morgan fingerprint density at radius 3 is 2.74 bits per heavy atom. The van der Waals surface area contributed by atoms with Gasteiger partial charge in [0, 0.05) is 29.4 Å². The highest BCUT2D eigenvalue weighted by Crippen LogP contribution is 2.21. The molecule has 1 amide bonds. The van der Waals surface area contributed by atoms with Crippen LogP contribution in [0.25, 0.3) is 0 Å². The molecule has 1 aromatic carbocycles. The van der Waals surface area contributed by atoms with Gasteiger partial charge in [-0.25, -0.2) is 4.98 Å². The van der Waals surface area contributed by atoms with Gasteiger partial charge in [-0.2, -0.15) is 0 Å². The van der Waals surface area contributed by atoms with Crippen molar-refractivity contribution in [2.24, 2.45) is 0 Å². The van der Waals surface area contributed by atoms with E-state index in [9.17, 15) is 4.79 Å². The van der Waals surface area contributed by atoms with Crippen LogP contribution in [0.2, 0.25) is 0 Å². The molecule has 0 atom stereocenters. The molecule has 0 saturated carbocycles. The van der Waals surface area contributed by atoms with Crippen molar-refractivity contribution in [2.45, 2.75) is 0 Å². The molecule has 2 aromatic rings. The second-order valence-electron chi connectivity index (χ2n) is 4.23. The Morgan fingerprint density at radius 1 is 1.26 bits per heavy atom. The van der Waals surface area contributed by atoms with Gasteiger partial charge < -0.3 is 10.2 Å². The maximum absolute atomic E-state index is 12.2. The van der Waals surface area contributed by atoms with Crippen LogP contribution in [-0.4, -0.2) is 25.0 Å². The molecule has 0 saturated heterocycles. The predicted molar refractivity (Wildman–Crippen MR) is 85.7 cm³/mol. The van der Waals surface area contributed by atoms with Crippen molar-refractivity contribution < 1.29 is 4.79 Å². The summed E-state index contributed by atoms with van der Waals surface area (Å²) < 4.78 is 1.03. The summed E-state index contributed by atoms with van der Waals surface area (Å²) in [6.45, 7) is 0. The number of benzene rings is 1. The highest BCUT2D eigenvalue weighted by molar-refractivity contribution is 14.1. The Balaban J connectivity index is 2.24. The second kappa shape index (κ2) is 6.01. The van der Waals surface area contributed by atoms with E-state index in [1.165, 1.54) is 0 Å². The van der Waals surface area contributed by atoms with Gasteiger partial charge in [0.25, 0.3) is 5.91 Å². The minimum absolute atomic E-state index is 0.130. The van der Waals surface area contributed by atoms with Crippen LogP contribution in [0.5, 0.6) is 0 Å². The predicted octanol–water partition coefficient (Wildman–Crippen LogP) is 3.00. The minimum atomic E-state index is -0.130. The van der Waals surface area contributed by atoms with E-state index >= 15 is 0 Å². The number of pyridine rings is 1. The number of hydrogen-bond donors (Lipinski definition) is 1. The van der Waals surface area contributed by atoms with Crippen LogP contribution in [0.3, 0.4) is 0 Å². The normalized spacial score (nSPS) is 10.1. The van der Waals surface area contributed by atoms with Crippen LogP contribution in [0.15, 0.2) is 42.6 Å². The highest BCUT2D eigenvalue weighted by atomic mass is 127. The van der Waals surface area contributed by atoms with Crippen molar-refractivity contribution in [1.29, 1.82) is 0 Å². The number of carbonyl (C=O) groups excluding carboxylic acids is 1. The third-order valence-corrected chi connectivity index (χ3v) is 3.22. The van der Waals surface area contributed by atoms with E-state index in [1.54, 1.807) is 18.3 Å². The fourth-order valence-corrected chi connectivity index (χ4v) is 2.22. The first kappa shape index (κ1) is 13.8. The first-order valence-electron chi connectivity index (χ1n) is 5.77. The summed E-state index contributed by atoms with van der Waals surface area (Å²) >= 11 is 2.19. The quantitative estimate of drug-likeness (QED) is 0.849. The van der Waals surface area contributed by atoms with Crippen molar-refractivity contribution >= 4 is 40.0 Å². The molecular weight excluding hydrogens is 353 g/mol. The number of aromatic nitrogens is 1. The van der Waals surface area contributed by atoms with Gasteiger partial charge in [0.15, 0.2) is 5.82 Å². The fraction of sp³-hybridized carbons (Fsp3) is 0.143. The Hall–Kier alpha value is -1.63. The number of rotatable bonds is 3. The first-order valence-corrected chi connectivity index (χ1v) is 6.85. The van der Waals surface area contributed by atoms with Gasteiger partial charge in [-0.15, -0.1) is 0 Å². The molecule has 1 heterocycles. The Morgan fingerprint density at radius 2 is 2.05 bits per heavy atom. The van der Waals surface area contributed by atoms with Crippen LogP contribution in [-0.2, 0) is 0 Å². The van der Waals surface area contributed by atoms with Crippen LogP contribution in [0.1, 0.15) is 10.4 Å². The van der Waals surface area contributed by atoms with Gasteiger partial charge in [0.05, 0.1) is 5.69 Å². The second-order valence-corrected chi connectivity index (χ2v) is 5.48. The van der Waals surface area contributed by atoms with Gasteiger partial charge in [0.2, 0.25) is 0 Å². The summed E-state index contributed by atoms with van der Waals surface area (Å²) in [7, 11) is 3.78. The molecule has 0 aliphatic carbocycles. The van der Waals surface area contributed by atoms with Crippen LogP contribution >= 0.6 is 22.6 Å². The van der Waals surface area contributed by atoms with E-state index in [1.807, 2.05) is 43.3 Å². The Labute approximate surface area is 126 Å². The zero-order chi connectivity index (χ0) is 13.8. The lowest BCUT2D eigenvalue weighted by Crippen LogP contribution is -2.17. The molecule has 1 aromatic heterocycles. The maximum atomic E-state index is 12.2. The van der Waals surface area contributed by atoms with E-state index in [-0.39, 0.29) is 5.91 Å². The number of anilines is 2. The lowest BCUT2D eigenvalue weighted by atomic mass is 10.2. The van der Waals surface area contributed by atoms with E-state index in [0.717, 1.165) is 9.39 Å². The standard InChI is InChI=1S/C14H14IN3O/c1-18(2)13-12(7-4-8-16-13)17-14(19)10-5-3-6-11(15)9-10/h3-9H,1-2H3,(H,17,19). The van der Waals surface area contributed by atoms with E-state index in [4.69, 9.17) is 0 Å². The van der Waals surface area contributed by atoms with Gasteiger partial charge in [-0.3, -0.25) is 4.79 Å². The number of carbonyl (C=O) groups is 1. The fourth-order valence-electron chi connectivity index (χ4n) is 1.68. The molecule has 0 fully saturated rings. The first-order chi connectivity index (χ1) is 9.08. The van der Waals surface area contributed by atoms with Crippen LogP contribution in [0, 0.1) is 3.57 Å². The highest BCUT2D eigenvalue weighted by Gasteiger charge is 2.10. The summed E-state index contributed by atoms with van der Waals surface area (Å²) in [6, 6.07) is 11.1. The van der Waals surface area contributed by atoms with Gasteiger partial charge >= 0.3 is 0 Å². The smallest absolute Gasteiger partial charge is 0.255 e. The third kappa shape index (κ3) is 3.44. The number of nitrogens with one attached hydrogen (secondary N) is 1. The minimum Gasteiger partial charge on any atom is -0.361 e. The third-order valence-electron chi connectivity index (χ3n) is 2.55. The molecule has 0 radical (unpaired) electrons. The molecular formula is C14H14IN3O. The molecule has 0 unspecified atom stereocenters. The van der Waals surface area contributed by atoms with Crippen molar-refractivity contribution in [2.75, 3.05) is 24.3 Å². The average molecular weight is 367 g/mol. The average Bonchev–Trinajstić information content (AvgIpc) is 2.39. The molecule has 4 nitrogen and oxygen atoms in total. The SMILES string of the molecule is CN(C)c1ncccc1NC(=O)c1cccc(I)c1. The molecule has 5 heteroatoms. The topological polar surface area (TPSA) is 45.2 Å². The van der Waals surface area contributed by atoms with Crippen molar-refractivity contribution in [3.8, 4) is 0 Å². The Kier molecular flexibility index (Phi) is 4.36. The van der Waals surface area contributed by atoms with E-state index in [2.05, 4.69) is 32.9 Å². The lowest BCUT2D eigenvalue weighted by molar-refractivity contribution is 0.102.